The highest BCUT2D eigenvalue weighted by Crippen LogP contribution is 2.26. The van der Waals surface area contributed by atoms with Crippen molar-refractivity contribution in [3.8, 4) is 0 Å². The summed E-state index contributed by atoms with van der Waals surface area (Å²) in [5, 5.41) is 13.3. The number of nitrogens with one attached hydrogen (secondary N) is 1. The molecule has 0 aliphatic carbocycles. The number of carbonyl (C=O) groups is 2. The number of aliphatic hydroxyl groups excluding tert-OH is 1. The highest BCUT2D eigenvalue weighted by molar-refractivity contribution is 5.94. The normalized spacial score (nSPS) is 17.6. The Balaban J connectivity index is 1.22. The summed E-state index contributed by atoms with van der Waals surface area (Å²) < 4.78 is 0. The van der Waals surface area contributed by atoms with E-state index in [0.717, 1.165) is 44.7 Å². The Morgan fingerprint density at radius 2 is 1.91 bits per heavy atom. The lowest BCUT2D eigenvalue weighted by Crippen LogP contribution is -2.54. The van der Waals surface area contributed by atoms with E-state index in [2.05, 4.69) is 33.4 Å². The topological polar surface area (TPSA) is 85.8 Å². The van der Waals surface area contributed by atoms with E-state index < -0.39 is 6.10 Å². The molecule has 1 fully saturated rings. The molecule has 1 saturated heterocycles. The Labute approximate surface area is 202 Å². The van der Waals surface area contributed by atoms with Gasteiger partial charge in [-0.15, -0.1) is 0 Å². The number of carbonyl (C=O) groups excluding carboxylic acids is 2. The number of nitrogens with zero attached hydrogens (tertiary/aromatic N) is 3. The molecule has 1 aromatic heterocycles. The fourth-order valence-corrected chi connectivity index (χ4v) is 4.75. The zero-order valence-corrected chi connectivity index (χ0v) is 20.5. The molecule has 0 radical (unpaired) electrons. The molecule has 0 saturated carbocycles. The van der Waals surface area contributed by atoms with Gasteiger partial charge in [0.15, 0.2) is 0 Å². The second-order valence-corrected chi connectivity index (χ2v) is 10.7. The van der Waals surface area contributed by atoms with Gasteiger partial charge in [-0.1, -0.05) is 45.0 Å². The highest BCUT2D eigenvalue weighted by atomic mass is 16.3. The van der Waals surface area contributed by atoms with Crippen LogP contribution in [0.15, 0.2) is 42.6 Å². The second-order valence-electron chi connectivity index (χ2n) is 10.7. The van der Waals surface area contributed by atoms with Crippen molar-refractivity contribution in [3.05, 3.63) is 65.0 Å². The van der Waals surface area contributed by atoms with E-state index in [9.17, 15) is 14.7 Å². The Morgan fingerprint density at radius 3 is 2.65 bits per heavy atom. The van der Waals surface area contributed by atoms with Gasteiger partial charge in [0.2, 0.25) is 5.91 Å². The predicted molar refractivity (Wildman–Crippen MR) is 131 cm³/mol. The zero-order chi connectivity index (χ0) is 24.3. The molecular formula is C27H36N4O3. The first-order valence-electron chi connectivity index (χ1n) is 12.2. The quantitative estimate of drug-likeness (QED) is 0.657. The van der Waals surface area contributed by atoms with Crippen LogP contribution in [-0.2, 0) is 24.2 Å². The number of aliphatic hydroxyl groups is 1. The monoisotopic (exact) mass is 464 g/mol. The van der Waals surface area contributed by atoms with E-state index in [-0.39, 0.29) is 23.8 Å². The summed E-state index contributed by atoms with van der Waals surface area (Å²) in [5.41, 5.74) is 3.74. The SMILES string of the molecule is CC(C)(C)C(=O)N1CC(Cc2cc(C(=O)NC[C@H](O)CN3CCc4ccccc4C3)ccn2)C1. The summed E-state index contributed by atoms with van der Waals surface area (Å²) in [7, 11) is 0. The number of β-amino-alcohol motifs (C(OH)–C–C–N with tert-alkyl or cyclic N) is 1. The lowest BCUT2D eigenvalue weighted by atomic mass is 9.88. The molecular weight excluding hydrogens is 428 g/mol. The molecule has 34 heavy (non-hydrogen) atoms. The molecule has 3 heterocycles. The Bertz CT molecular complexity index is 1030. The van der Waals surface area contributed by atoms with Gasteiger partial charge in [-0.3, -0.25) is 19.5 Å². The van der Waals surface area contributed by atoms with Gasteiger partial charge in [-0.25, -0.2) is 0 Å². The number of fused-ring (bicyclic) bond motifs is 1. The van der Waals surface area contributed by atoms with Crippen LogP contribution < -0.4 is 5.32 Å². The molecule has 0 unspecified atom stereocenters. The van der Waals surface area contributed by atoms with Crippen molar-refractivity contribution in [2.24, 2.45) is 11.3 Å². The van der Waals surface area contributed by atoms with Crippen molar-refractivity contribution in [3.63, 3.8) is 0 Å². The van der Waals surface area contributed by atoms with Crippen molar-refractivity contribution >= 4 is 11.8 Å². The van der Waals surface area contributed by atoms with Crippen LogP contribution in [0.3, 0.4) is 0 Å². The fraction of sp³-hybridized carbons (Fsp3) is 0.519. The van der Waals surface area contributed by atoms with Crippen LogP contribution in [0.5, 0.6) is 0 Å². The number of hydrogen-bond donors (Lipinski definition) is 2. The van der Waals surface area contributed by atoms with Crippen LogP contribution in [-0.4, -0.2) is 70.5 Å². The average molecular weight is 465 g/mol. The highest BCUT2D eigenvalue weighted by Gasteiger charge is 2.36. The van der Waals surface area contributed by atoms with E-state index in [1.807, 2.05) is 37.8 Å². The standard InChI is InChI=1S/C27H36N4O3/c1-27(2,3)26(34)31-15-19(16-31)12-23-13-21(8-10-28-23)25(33)29-14-24(32)18-30-11-9-20-6-4-5-7-22(20)17-30/h4-8,10,13,19,24,32H,9,11-12,14-18H2,1-3H3,(H,29,33)/t24-/m0/s1. The van der Waals surface area contributed by atoms with Crippen LogP contribution in [0.25, 0.3) is 0 Å². The van der Waals surface area contributed by atoms with Gasteiger partial charge in [0.25, 0.3) is 5.91 Å². The molecule has 2 aromatic rings. The third-order valence-electron chi connectivity index (χ3n) is 6.64. The average Bonchev–Trinajstić information content (AvgIpc) is 2.78. The maximum absolute atomic E-state index is 12.7. The van der Waals surface area contributed by atoms with E-state index in [4.69, 9.17) is 0 Å². The molecule has 2 aliphatic heterocycles. The largest absolute Gasteiger partial charge is 0.390 e. The lowest BCUT2D eigenvalue weighted by molar-refractivity contribution is -0.146. The zero-order valence-electron chi connectivity index (χ0n) is 20.5. The molecule has 0 spiro atoms. The molecule has 182 valence electrons. The van der Waals surface area contributed by atoms with E-state index in [1.165, 1.54) is 11.1 Å². The first-order valence-corrected chi connectivity index (χ1v) is 12.2. The lowest BCUT2D eigenvalue weighted by Gasteiger charge is -2.42. The van der Waals surface area contributed by atoms with Crippen LogP contribution in [0.2, 0.25) is 0 Å². The first-order chi connectivity index (χ1) is 16.2. The third-order valence-corrected chi connectivity index (χ3v) is 6.64. The van der Waals surface area contributed by atoms with Gasteiger partial charge in [-0.05, 0) is 42.0 Å². The molecule has 1 aromatic carbocycles. The fourth-order valence-electron chi connectivity index (χ4n) is 4.75. The summed E-state index contributed by atoms with van der Waals surface area (Å²) in [4.78, 5) is 33.5. The molecule has 1 atom stereocenters. The molecule has 2 aliphatic rings. The molecule has 0 bridgehead atoms. The number of pyridine rings is 1. The number of rotatable bonds is 7. The van der Waals surface area contributed by atoms with Gasteiger partial charge in [0, 0.05) is 62.1 Å². The van der Waals surface area contributed by atoms with Crippen molar-refractivity contribution < 1.29 is 14.7 Å². The Morgan fingerprint density at radius 1 is 1.18 bits per heavy atom. The molecule has 2 N–H and O–H groups in total. The van der Waals surface area contributed by atoms with E-state index in [0.29, 0.717) is 18.0 Å². The molecule has 7 nitrogen and oxygen atoms in total. The van der Waals surface area contributed by atoms with Gasteiger partial charge in [0.05, 0.1) is 6.10 Å². The van der Waals surface area contributed by atoms with Crippen molar-refractivity contribution in [2.75, 3.05) is 32.7 Å². The summed E-state index contributed by atoms with van der Waals surface area (Å²) in [6.45, 7) is 9.77. The summed E-state index contributed by atoms with van der Waals surface area (Å²) in [6, 6.07) is 11.9. The summed E-state index contributed by atoms with van der Waals surface area (Å²) >= 11 is 0. The Kier molecular flexibility index (Phi) is 7.33. The minimum atomic E-state index is -0.628. The predicted octanol–water partition coefficient (Wildman–Crippen LogP) is 2.28. The smallest absolute Gasteiger partial charge is 0.251 e. The van der Waals surface area contributed by atoms with Gasteiger partial charge in [0.1, 0.15) is 0 Å². The Hall–Kier alpha value is -2.77. The second kappa shape index (κ2) is 10.2. The van der Waals surface area contributed by atoms with E-state index >= 15 is 0 Å². The molecule has 4 rings (SSSR count). The number of amides is 2. The van der Waals surface area contributed by atoms with Gasteiger partial charge < -0.3 is 15.3 Å². The van der Waals surface area contributed by atoms with Crippen LogP contribution in [0.4, 0.5) is 0 Å². The molecule has 2 amide bonds. The summed E-state index contributed by atoms with van der Waals surface area (Å²) in [5.74, 6) is 0.343. The van der Waals surface area contributed by atoms with Crippen molar-refractivity contribution in [1.82, 2.24) is 20.1 Å². The number of hydrogen-bond acceptors (Lipinski definition) is 5. The minimum absolute atomic E-state index is 0.178. The third kappa shape index (κ3) is 6.02. The maximum Gasteiger partial charge on any atom is 0.251 e. The first kappa shape index (κ1) is 24.4. The van der Waals surface area contributed by atoms with E-state index in [1.54, 1.807) is 12.3 Å². The maximum atomic E-state index is 12.7. The van der Waals surface area contributed by atoms with Crippen LogP contribution >= 0.6 is 0 Å². The van der Waals surface area contributed by atoms with Crippen LogP contribution in [0.1, 0.15) is 48.0 Å². The number of likely N-dealkylation sites (tertiary alicyclic amines) is 1. The minimum Gasteiger partial charge on any atom is -0.390 e. The van der Waals surface area contributed by atoms with Gasteiger partial charge >= 0.3 is 0 Å². The van der Waals surface area contributed by atoms with Crippen molar-refractivity contribution in [2.45, 2.75) is 46.3 Å². The summed E-state index contributed by atoms with van der Waals surface area (Å²) in [6.07, 6.45) is 2.76. The van der Waals surface area contributed by atoms with Crippen molar-refractivity contribution in [1.29, 1.82) is 0 Å². The number of aromatic nitrogens is 1. The molecule has 7 heteroatoms. The van der Waals surface area contributed by atoms with Gasteiger partial charge in [-0.2, -0.15) is 0 Å². The number of benzene rings is 1. The van der Waals surface area contributed by atoms with Crippen LogP contribution in [0, 0.1) is 11.3 Å².